The number of aliphatic hydroxyl groups is 1. The molecule has 0 saturated carbocycles. The summed E-state index contributed by atoms with van der Waals surface area (Å²) >= 11 is 0. The van der Waals surface area contributed by atoms with Gasteiger partial charge < -0.3 is 10.8 Å². The fraction of sp³-hybridized carbons (Fsp3) is 0.167. The van der Waals surface area contributed by atoms with E-state index in [4.69, 9.17) is 5.73 Å². The summed E-state index contributed by atoms with van der Waals surface area (Å²) in [7, 11) is -3.86. The Hall–Kier alpha value is -3.05. The number of hydrogen-bond acceptors (Lipinski definition) is 7. The van der Waals surface area contributed by atoms with Crippen molar-refractivity contribution in [3.05, 3.63) is 60.6 Å². The molecule has 7 nitrogen and oxygen atoms in total. The molecule has 0 aliphatic carbocycles. The van der Waals surface area contributed by atoms with Gasteiger partial charge in [-0.3, -0.25) is 9.97 Å². The van der Waals surface area contributed by atoms with Gasteiger partial charge in [0.1, 0.15) is 5.82 Å². The molecule has 0 radical (unpaired) electrons. The van der Waals surface area contributed by atoms with Crippen LogP contribution in [-0.2, 0) is 15.4 Å². The lowest BCUT2D eigenvalue weighted by Gasteiger charge is -2.26. The average molecular weight is 424 g/mol. The van der Waals surface area contributed by atoms with Crippen LogP contribution < -0.4 is 5.73 Å². The van der Waals surface area contributed by atoms with E-state index in [0.29, 0.717) is 6.92 Å². The molecule has 0 aliphatic heterocycles. The minimum Gasteiger partial charge on any atom is -0.384 e. The number of hydrogen-bond donors (Lipinski definition) is 2. The van der Waals surface area contributed by atoms with Gasteiger partial charge in [-0.05, 0) is 37.3 Å². The zero-order valence-corrected chi connectivity index (χ0v) is 15.7. The first-order valence-corrected chi connectivity index (χ1v) is 9.60. The van der Waals surface area contributed by atoms with E-state index in [1.165, 1.54) is 30.3 Å². The summed E-state index contributed by atoms with van der Waals surface area (Å²) in [5, 5.41) is 9.67. The molecule has 0 fully saturated rings. The smallest absolute Gasteiger partial charge is 0.384 e. The van der Waals surface area contributed by atoms with Crippen LogP contribution in [0, 0.1) is 0 Å². The predicted molar refractivity (Wildman–Crippen MR) is 97.2 cm³/mol. The summed E-state index contributed by atoms with van der Waals surface area (Å²) in [5.74, 6) is 0.177. The van der Waals surface area contributed by atoms with Gasteiger partial charge in [0.05, 0.1) is 21.2 Å². The summed E-state index contributed by atoms with van der Waals surface area (Å²) in [6.07, 6.45) is -1.72. The second kappa shape index (κ2) is 7.08. The van der Waals surface area contributed by atoms with Gasteiger partial charge in [-0.25, -0.2) is 13.4 Å². The number of rotatable bonds is 4. The summed E-state index contributed by atoms with van der Waals surface area (Å²) in [6, 6.07) is 7.70. The van der Waals surface area contributed by atoms with E-state index in [2.05, 4.69) is 15.0 Å². The minimum atomic E-state index is -4.86. The van der Waals surface area contributed by atoms with Crippen LogP contribution in [0.5, 0.6) is 0 Å². The number of halogens is 3. The van der Waals surface area contributed by atoms with E-state index in [-0.39, 0.29) is 27.0 Å². The van der Waals surface area contributed by atoms with Crippen LogP contribution in [0.2, 0.25) is 0 Å². The van der Waals surface area contributed by atoms with Gasteiger partial charge in [-0.15, -0.1) is 0 Å². The summed E-state index contributed by atoms with van der Waals surface area (Å²) in [5.41, 5.74) is 2.44. The molecular weight excluding hydrogens is 409 g/mol. The third kappa shape index (κ3) is 3.91. The van der Waals surface area contributed by atoms with Crippen LogP contribution in [0.3, 0.4) is 0 Å². The number of sulfone groups is 1. The fourth-order valence-electron chi connectivity index (χ4n) is 2.37. The van der Waals surface area contributed by atoms with Crippen molar-refractivity contribution in [3.63, 3.8) is 0 Å². The average Bonchev–Trinajstić information content (AvgIpc) is 2.68. The largest absolute Gasteiger partial charge is 0.421 e. The molecule has 3 aromatic rings. The van der Waals surface area contributed by atoms with Gasteiger partial charge in [-0.1, -0.05) is 6.07 Å². The maximum Gasteiger partial charge on any atom is 0.421 e. The van der Waals surface area contributed by atoms with E-state index in [1.807, 2.05) is 0 Å². The van der Waals surface area contributed by atoms with Gasteiger partial charge in [0, 0.05) is 24.2 Å². The van der Waals surface area contributed by atoms with E-state index in [0.717, 1.165) is 24.7 Å². The molecule has 3 aromatic heterocycles. The Morgan fingerprint density at radius 2 is 1.38 bits per heavy atom. The molecule has 1 unspecified atom stereocenters. The number of nitrogens with two attached hydrogens (primary N) is 1. The van der Waals surface area contributed by atoms with Crippen molar-refractivity contribution >= 4 is 15.7 Å². The molecule has 0 bridgehead atoms. The Bertz CT molecular complexity index is 1110. The van der Waals surface area contributed by atoms with E-state index < -0.39 is 27.2 Å². The number of nitrogens with zero attached hydrogens (tertiary/aromatic N) is 3. The highest BCUT2D eigenvalue weighted by Crippen LogP contribution is 2.38. The van der Waals surface area contributed by atoms with Gasteiger partial charge in [0.25, 0.3) is 0 Å². The standard InChI is InChI=1S/C18H15F3N4O3S/c1-17(26,18(19,20)21)11-2-5-14(23-8-11)15-6-3-12(9-24-15)29(27,28)13-4-7-16(22)25-10-13/h2-10,26H,1H3,(H2,22,25). The Morgan fingerprint density at radius 1 is 0.862 bits per heavy atom. The van der Waals surface area contributed by atoms with Crippen LogP contribution in [0.4, 0.5) is 19.0 Å². The molecule has 29 heavy (non-hydrogen) atoms. The molecule has 0 saturated heterocycles. The van der Waals surface area contributed by atoms with Crippen molar-refractivity contribution in [2.45, 2.75) is 28.5 Å². The number of alkyl halides is 3. The Labute approximate surface area is 164 Å². The number of aromatic nitrogens is 3. The van der Waals surface area contributed by atoms with Crippen molar-refractivity contribution in [1.82, 2.24) is 15.0 Å². The predicted octanol–water partition coefficient (Wildman–Crippen LogP) is 2.72. The van der Waals surface area contributed by atoms with Crippen molar-refractivity contribution in [3.8, 4) is 11.4 Å². The number of nitrogen functional groups attached to an aromatic ring is 1. The van der Waals surface area contributed by atoms with E-state index in [1.54, 1.807) is 0 Å². The third-order valence-corrected chi connectivity index (χ3v) is 5.98. The van der Waals surface area contributed by atoms with Crippen LogP contribution in [0.25, 0.3) is 11.4 Å². The van der Waals surface area contributed by atoms with Crippen LogP contribution in [0.1, 0.15) is 12.5 Å². The molecule has 1 atom stereocenters. The molecule has 0 amide bonds. The first kappa shape index (κ1) is 20.7. The highest BCUT2D eigenvalue weighted by atomic mass is 32.2. The summed E-state index contributed by atoms with van der Waals surface area (Å²) in [6.45, 7) is 0.633. The zero-order valence-electron chi connectivity index (χ0n) is 14.9. The highest BCUT2D eigenvalue weighted by molar-refractivity contribution is 7.91. The van der Waals surface area contributed by atoms with Gasteiger partial charge in [0.2, 0.25) is 9.84 Å². The van der Waals surface area contributed by atoms with E-state index in [9.17, 15) is 26.7 Å². The second-order valence-electron chi connectivity index (χ2n) is 6.30. The molecule has 0 aliphatic rings. The van der Waals surface area contributed by atoms with E-state index >= 15 is 0 Å². The Balaban J connectivity index is 1.88. The first-order chi connectivity index (χ1) is 13.4. The molecule has 3 N–H and O–H groups in total. The van der Waals surface area contributed by atoms with Crippen molar-refractivity contribution in [2.75, 3.05) is 5.73 Å². The quantitative estimate of drug-likeness (QED) is 0.661. The lowest BCUT2D eigenvalue weighted by Crippen LogP contribution is -2.39. The topological polar surface area (TPSA) is 119 Å². The van der Waals surface area contributed by atoms with Gasteiger partial charge in [0.15, 0.2) is 5.60 Å². The number of pyridine rings is 3. The third-order valence-electron chi connectivity index (χ3n) is 4.26. The lowest BCUT2D eigenvalue weighted by molar-refractivity contribution is -0.259. The Morgan fingerprint density at radius 3 is 1.79 bits per heavy atom. The normalized spacial score (nSPS) is 14.4. The van der Waals surface area contributed by atoms with Gasteiger partial charge >= 0.3 is 6.18 Å². The minimum absolute atomic E-state index is 0.0573. The SMILES string of the molecule is CC(O)(c1ccc(-c2ccc(S(=O)(=O)c3ccc(N)nc3)cn2)nc1)C(F)(F)F. The van der Waals surface area contributed by atoms with Crippen molar-refractivity contribution in [1.29, 1.82) is 0 Å². The highest BCUT2D eigenvalue weighted by Gasteiger charge is 2.51. The van der Waals surface area contributed by atoms with Gasteiger partial charge in [-0.2, -0.15) is 13.2 Å². The summed E-state index contributed by atoms with van der Waals surface area (Å²) < 4.78 is 63.8. The first-order valence-electron chi connectivity index (χ1n) is 8.11. The molecule has 0 aromatic carbocycles. The summed E-state index contributed by atoms with van der Waals surface area (Å²) in [4.78, 5) is 11.5. The maximum atomic E-state index is 12.9. The molecule has 3 heterocycles. The van der Waals surface area contributed by atoms with Crippen LogP contribution in [0.15, 0.2) is 64.8 Å². The van der Waals surface area contributed by atoms with Crippen molar-refractivity contribution < 1.29 is 26.7 Å². The van der Waals surface area contributed by atoms with Crippen LogP contribution in [-0.4, -0.2) is 34.7 Å². The molecule has 3 rings (SSSR count). The lowest BCUT2D eigenvalue weighted by atomic mass is 9.97. The van der Waals surface area contributed by atoms with Crippen LogP contribution >= 0.6 is 0 Å². The Kier molecular flexibility index (Phi) is 5.05. The molecule has 152 valence electrons. The second-order valence-corrected chi connectivity index (χ2v) is 8.25. The molecule has 0 spiro atoms. The molecule has 11 heteroatoms. The van der Waals surface area contributed by atoms with Crippen molar-refractivity contribution in [2.24, 2.45) is 0 Å². The zero-order chi connectivity index (χ0) is 21.4. The maximum absolute atomic E-state index is 12.9. The number of anilines is 1. The fourth-order valence-corrected chi connectivity index (χ4v) is 3.52. The molecular formula is C18H15F3N4O3S. The monoisotopic (exact) mass is 424 g/mol.